The number of nitrogens with zero attached hydrogens (tertiary/aromatic N) is 2. The van der Waals surface area contributed by atoms with Crippen molar-refractivity contribution >= 4 is 11.0 Å². The fourth-order valence-corrected chi connectivity index (χ4v) is 3.08. The summed E-state index contributed by atoms with van der Waals surface area (Å²) in [4.78, 5) is 4.77. The number of imidazole rings is 1. The van der Waals surface area contributed by atoms with Crippen molar-refractivity contribution in [2.45, 2.75) is 38.4 Å². The van der Waals surface area contributed by atoms with Crippen molar-refractivity contribution in [1.29, 1.82) is 0 Å². The number of aromatic nitrogens is 2. The van der Waals surface area contributed by atoms with Crippen LogP contribution in [-0.2, 0) is 11.8 Å². The molecule has 1 aliphatic heterocycles. The molecular weight excluding hydrogens is 250 g/mol. The van der Waals surface area contributed by atoms with E-state index in [1.54, 1.807) is 0 Å². The molecule has 4 heteroatoms. The fourth-order valence-electron chi connectivity index (χ4n) is 3.08. The zero-order chi connectivity index (χ0) is 14.2. The van der Waals surface area contributed by atoms with Crippen molar-refractivity contribution in [1.82, 2.24) is 14.9 Å². The minimum atomic E-state index is -0.0545. The summed E-state index contributed by atoms with van der Waals surface area (Å²) in [5, 5.41) is 3.52. The van der Waals surface area contributed by atoms with Gasteiger partial charge < -0.3 is 14.6 Å². The molecule has 1 unspecified atom stereocenters. The maximum absolute atomic E-state index is 6.42. The smallest absolute Gasteiger partial charge is 0.140 e. The summed E-state index contributed by atoms with van der Waals surface area (Å²) in [6.45, 7) is 6.16. The standard InChI is InChI=1S/C16H23N3O/c1-4-16(5-2)11-17-10-14(20-16)15-18-12-8-6-7-9-13(12)19(15)3/h6-9,14,17H,4-5,10-11H2,1-3H3. The Morgan fingerprint density at radius 2 is 2.10 bits per heavy atom. The van der Waals surface area contributed by atoms with Crippen LogP contribution in [0, 0.1) is 0 Å². The van der Waals surface area contributed by atoms with Gasteiger partial charge in [-0.1, -0.05) is 26.0 Å². The van der Waals surface area contributed by atoms with Crippen molar-refractivity contribution in [3.63, 3.8) is 0 Å². The normalized spacial score (nSPS) is 22.2. The van der Waals surface area contributed by atoms with Crippen LogP contribution >= 0.6 is 0 Å². The lowest BCUT2D eigenvalue weighted by molar-refractivity contribution is -0.126. The highest BCUT2D eigenvalue weighted by atomic mass is 16.5. The third-order valence-electron chi connectivity index (χ3n) is 4.57. The van der Waals surface area contributed by atoms with Crippen molar-refractivity contribution in [2.75, 3.05) is 13.1 Å². The number of fused-ring (bicyclic) bond motifs is 1. The first-order valence-electron chi connectivity index (χ1n) is 7.49. The average Bonchev–Trinajstić information content (AvgIpc) is 2.85. The van der Waals surface area contributed by atoms with Gasteiger partial charge >= 0.3 is 0 Å². The highest BCUT2D eigenvalue weighted by Gasteiger charge is 2.36. The first kappa shape index (κ1) is 13.6. The lowest BCUT2D eigenvalue weighted by atomic mass is 9.95. The fraction of sp³-hybridized carbons (Fsp3) is 0.562. The largest absolute Gasteiger partial charge is 0.361 e. The van der Waals surface area contributed by atoms with Gasteiger partial charge in [0, 0.05) is 20.1 Å². The third kappa shape index (κ3) is 2.13. The van der Waals surface area contributed by atoms with Gasteiger partial charge in [-0.05, 0) is 25.0 Å². The Hall–Kier alpha value is -1.39. The molecule has 1 saturated heterocycles. The summed E-state index contributed by atoms with van der Waals surface area (Å²) < 4.78 is 8.58. The molecule has 1 aromatic heterocycles. The highest BCUT2D eigenvalue weighted by molar-refractivity contribution is 5.75. The Morgan fingerprint density at radius 1 is 1.35 bits per heavy atom. The van der Waals surface area contributed by atoms with Gasteiger partial charge in [0.05, 0.1) is 16.6 Å². The molecule has 1 atom stereocenters. The number of hydrogen-bond donors (Lipinski definition) is 1. The predicted molar refractivity (Wildman–Crippen MR) is 80.7 cm³/mol. The predicted octanol–water partition coefficient (Wildman–Crippen LogP) is 2.79. The summed E-state index contributed by atoms with van der Waals surface area (Å²) in [5.74, 6) is 1.02. The van der Waals surface area contributed by atoms with Gasteiger partial charge in [-0.3, -0.25) is 0 Å². The summed E-state index contributed by atoms with van der Waals surface area (Å²) in [6.07, 6.45) is 2.08. The molecule has 1 N–H and O–H groups in total. The van der Waals surface area contributed by atoms with Crippen LogP contribution in [0.1, 0.15) is 38.6 Å². The van der Waals surface area contributed by atoms with E-state index in [0.717, 1.165) is 42.8 Å². The molecule has 2 aromatic rings. The number of morpholine rings is 1. The Balaban J connectivity index is 1.96. The number of nitrogens with one attached hydrogen (secondary N) is 1. The van der Waals surface area contributed by atoms with E-state index >= 15 is 0 Å². The van der Waals surface area contributed by atoms with E-state index in [2.05, 4.69) is 49.0 Å². The molecule has 4 nitrogen and oxygen atoms in total. The second-order valence-electron chi connectivity index (χ2n) is 5.65. The maximum Gasteiger partial charge on any atom is 0.140 e. The molecule has 2 heterocycles. The van der Waals surface area contributed by atoms with Gasteiger partial charge in [0.25, 0.3) is 0 Å². The van der Waals surface area contributed by atoms with Crippen LogP contribution in [0.25, 0.3) is 11.0 Å². The second kappa shape index (κ2) is 5.19. The average molecular weight is 273 g/mol. The van der Waals surface area contributed by atoms with E-state index in [1.807, 2.05) is 6.07 Å². The summed E-state index contributed by atoms with van der Waals surface area (Å²) in [6, 6.07) is 8.24. The third-order valence-corrected chi connectivity index (χ3v) is 4.57. The van der Waals surface area contributed by atoms with Gasteiger partial charge in [0.15, 0.2) is 0 Å². The SMILES string of the molecule is CCC1(CC)CNCC(c2nc3ccccc3n2C)O1. The minimum Gasteiger partial charge on any atom is -0.361 e. The number of benzene rings is 1. The zero-order valence-electron chi connectivity index (χ0n) is 12.5. The van der Waals surface area contributed by atoms with Crippen LogP contribution in [0.4, 0.5) is 0 Å². The Labute approximate surface area is 120 Å². The van der Waals surface area contributed by atoms with E-state index in [9.17, 15) is 0 Å². The van der Waals surface area contributed by atoms with E-state index in [0.29, 0.717) is 0 Å². The molecular formula is C16H23N3O. The van der Waals surface area contributed by atoms with Crippen molar-refractivity contribution in [3.8, 4) is 0 Å². The number of para-hydroxylation sites is 2. The van der Waals surface area contributed by atoms with Gasteiger partial charge in [-0.15, -0.1) is 0 Å². The van der Waals surface area contributed by atoms with Crippen LogP contribution in [0.2, 0.25) is 0 Å². The summed E-state index contributed by atoms with van der Waals surface area (Å²) in [7, 11) is 2.07. The molecule has 0 radical (unpaired) electrons. The summed E-state index contributed by atoms with van der Waals surface area (Å²) in [5.41, 5.74) is 2.15. The molecule has 108 valence electrons. The number of rotatable bonds is 3. The quantitative estimate of drug-likeness (QED) is 0.934. The molecule has 1 fully saturated rings. The minimum absolute atomic E-state index is 0.0287. The van der Waals surface area contributed by atoms with Crippen LogP contribution in [0.15, 0.2) is 24.3 Å². The molecule has 20 heavy (non-hydrogen) atoms. The number of aryl methyl sites for hydroxylation is 1. The molecule has 0 amide bonds. The molecule has 3 rings (SSSR count). The van der Waals surface area contributed by atoms with Crippen molar-refractivity contribution < 1.29 is 4.74 Å². The van der Waals surface area contributed by atoms with Gasteiger partial charge in [-0.2, -0.15) is 0 Å². The number of ether oxygens (including phenoxy) is 1. The zero-order valence-corrected chi connectivity index (χ0v) is 12.5. The lowest BCUT2D eigenvalue weighted by Gasteiger charge is -2.40. The van der Waals surface area contributed by atoms with Crippen molar-refractivity contribution in [3.05, 3.63) is 30.1 Å². The Morgan fingerprint density at radius 3 is 2.80 bits per heavy atom. The summed E-state index contributed by atoms with van der Waals surface area (Å²) >= 11 is 0. The monoisotopic (exact) mass is 273 g/mol. The molecule has 0 saturated carbocycles. The van der Waals surface area contributed by atoms with E-state index < -0.39 is 0 Å². The van der Waals surface area contributed by atoms with E-state index in [1.165, 1.54) is 0 Å². The highest BCUT2D eigenvalue weighted by Crippen LogP contribution is 2.32. The van der Waals surface area contributed by atoms with Crippen LogP contribution in [0.3, 0.4) is 0 Å². The second-order valence-corrected chi connectivity index (χ2v) is 5.65. The molecule has 0 aliphatic carbocycles. The topological polar surface area (TPSA) is 39.1 Å². The lowest BCUT2D eigenvalue weighted by Crippen LogP contribution is -2.50. The maximum atomic E-state index is 6.42. The molecule has 1 aliphatic rings. The van der Waals surface area contributed by atoms with Crippen LogP contribution in [0.5, 0.6) is 0 Å². The molecule has 0 spiro atoms. The van der Waals surface area contributed by atoms with Crippen LogP contribution in [-0.4, -0.2) is 28.2 Å². The van der Waals surface area contributed by atoms with Crippen molar-refractivity contribution in [2.24, 2.45) is 7.05 Å². The Bertz CT molecular complexity index is 601. The van der Waals surface area contributed by atoms with Crippen LogP contribution < -0.4 is 5.32 Å². The van der Waals surface area contributed by atoms with Gasteiger partial charge in [-0.25, -0.2) is 4.98 Å². The van der Waals surface area contributed by atoms with Gasteiger partial charge in [0.1, 0.15) is 11.9 Å². The van der Waals surface area contributed by atoms with E-state index in [-0.39, 0.29) is 11.7 Å². The first-order valence-corrected chi connectivity index (χ1v) is 7.49. The molecule has 0 bridgehead atoms. The molecule has 1 aromatic carbocycles. The first-order chi connectivity index (χ1) is 9.69. The number of hydrogen-bond acceptors (Lipinski definition) is 3. The Kier molecular flexibility index (Phi) is 3.52. The van der Waals surface area contributed by atoms with Gasteiger partial charge in [0.2, 0.25) is 0 Å². The van der Waals surface area contributed by atoms with E-state index in [4.69, 9.17) is 9.72 Å².